The van der Waals surface area contributed by atoms with Crippen LogP contribution in [0.4, 0.5) is 5.69 Å². The Morgan fingerprint density at radius 1 is 0.885 bits per heavy atom. The number of hydrogen-bond donors (Lipinski definition) is 2. The molecule has 2 rings (SSSR count). The lowest BCUT2D eigenvalue weighted by atomic mass is 10.2. The van der Waals surface area contributed by atoms with Gasteiger partial charge in [-0.3, -0.25) is 4.72 Å². The van der Waals surface area contributed by atoms with E-state index < -0.39 is 20.0 Å². The van der Waals surface area contributed by atoms with Crippen LogP contribution in [-0.2, 0) is 20.0 Å². The Kier molecular flexibility index (Phi) is 5.79. The van der Waals surface area contributed by atoms with Gasteiger partial charge in [0.2, 0.25) is 10.0 Å². The van der Waals surface area contributed by atoms with Crippen molar-refractivity contribution in [3.05, 3.63) is 42.0 Å². The summed E-state index contributed by atoms with van der Waals surface area (Å²) in [5.74, 6) is 0.476. The largest absolute Gasteiger partial charge is 0.497 e. The summed E-state index contributed by atoms with van der Waals surface area (Å²) >= 11 is 0. The minimum atomic E-state index is -4.05. The molecule has 0 aliphatic carbocycles. The fourth-order valence-corrected chi connectivity index (χ4v) is 4.25. The molecule has 142 valence electrons. The van der Waals surface area contributed by atoms with Gasteiger partial charge in [0.1, 0.15) is 16.4 Å². The van der Waals surface area contributed by atoms with E-state index in [9.17, 15) is 16.8 Å². The number of hydrogen-bond acceptors (Lipinski definition) is 6. The number of sulfonamides is 2. The monoisotopic (exact) mass is 400 g/mol. The Balaban J connectivity index is 2.53. The highest BCUT2D eigenvalue weighted by atomic mass is 32.2. The molecule has 0 spiro atoms. The van der Waals surface area contributed by atoms with Crippen LogP contribution in [0.3, 0.4) is 0 Å². The average Bonchev–Trinajstić information content (AvgIpc) is 2.62. The van der Waals surface area contributed by atoms with Crippen LogP contribution in [-0.4, -0.2) is 38.1 Å². The molecular weight excluding hydrogens is 380 g/mol. The Bertz CT molecular complexity index is 1020. The van der Waals surface area contributed by atoms with E-state index in [2.05, 4.69) is 9.44 Å². The number of methoxy groups -OCH3 is 2. The predicted molar refractivity (Wildman–Crippen MR) is 97.8 cm³/mol. The van der Waals surface area contributed by atoms with E-state index in [0.717, 1.165) is 0 Å². The SMILES string of the molecule is CNS(=O)(=O)c1ccc(C)c(NS(=O)(=O)c2cc(OC)ccc2OC)c1. The highest BCUT2D eigenvalue weighted by molar-refractivity contribution is 7.92. The van der Waals surface area contributed by atoms with Crippen LogP contribution in [0, 0.1) is 6.92 Å². The van der Waals surface area contributed by atoms with Gasteiger partial charge in [-0.2, -0.15) is 0 Å². The lowest BCUT2D eigenvalue weighted by Gasteiger charge is -2.15. The lowest BCUT2D eigenvalue weighted by molar-refractivity contribution is 0.392. The minimum Gasteiger partial charge on any atom is -0.497 e. The quantitative estimate of drug-likeness (QED) is 0.732. The number of rotatable bonds is 7. The molecular formula is C16H20N2O6S2. The van der Waals surface area contributed by atoms with E-state index in [1.165, 1.54) is 51.6 Å². The molecule has 0 aromatic heterocycles. The molecule has 0 bridgehead atoms. The number of nitrogens with one attached hydrogen (secondary N) is 2. The molecule has 0 saturated carbocycles. The van der Waals surface area contributed by atoms with Gasteiger partial charge in [0.15, 0.2) is 0 Å². The summed E-state index contributed by atoms with van der Waals surface area (Å²) in [6, 6.07) is 8.54. The molecule has 2 aromatic rings. The zero-order valence-electron chi connectivity index (χ0n) is 14.7. The van der Waals surface area contributed by atoms with Gasteiger partial charge < -0.3 is 9.47 Å². The van der Waals surface area contributed by atoms with Crippen molar-refractivity contribution in [3.63, 3.8) is 0 Å². The molecule has 0 saturated heterocycles. The van der Waals surface area contributed by atoms with Gasteiger partial charge in [-0.15, -0.1) is 0 Å². The van der Waals surface area contributed by atoms with E-state index >= 15 is 0 Å². The van der Waals surface area contributed by atoms with Crippen molar-refractivity contribution in [1.29, 1.82) is 0 Å². The molecule has 0 unspecified atom stereocenters. The molecule has 0 atom stereocenters. The molecule has 0 amide bonds. The van der Waals surface area contributed by atoms with Crippen molar-refractivity contribution in [2.45, 2.75) is 16.7 Å². The molecule has 0 aliphatic heterocycles. The standard InChI is InChI=1S/C16H20N2O6S2/c1-11-5-7-13(25(19,20)17-2)10-14(11)18-26(21,22)16-9-12(23-3)6-8-15(16)24-4/h5-10,17-18H,1-4H3. The Hall–Kier alpha value is -2.30. The van der Waals surface area contributed by atoms with Crippen molar-refractivity contribution in [1.82, 2.24) is 4.72 Å². The van der Waals surface area contributed by atoms with Gasteiger partial charge in [-0.05, 0) is 43.8 Å². The maximum atomic E-state index is 12.8. The minimum absolute atomic E-state index is 0.0547. The topological polar surface area (TPSA) is 111 Å². The van der Waals surface area contributed by atoms with Crippen LogP contribution >= 0.6 is 0 Å². The van der Waals surface area contributed by atoms with Crippen LogP contribution < -0.4 is 18.9 Å². The van der Waals surface area contributed by atoms with Crippen LogP contribution in [0.5, 0.6) is 11.5 Å². The number of ether oxygens (including phenoxy) is 2. The van der Waals surface area contributed by atoms with Gasteiger partial charge >= 0.3 is 0 Å². The summed E-state index contributed by atoms with van der Waals surface area (Å²) in [6.45, 7) is 1.66. The second kappa shape index (κ2) is 7.52. The fraction of sp³-hybridized carbons (Fsp3) is 0.250. The highest BCUT2D eigenvalue weighted by Gasteiger charge is 2.22. The zero-order valence-corrected chi connectivity index (χ0v) is 16.4. The smallest absolute Gasteiger partial charge is 0.265 e. The van der Waals surface area contributed by atoms with Gasteiger partial charge in [-0.1, -0.05) is 6.07 Å². The summed E-state index contributed by atoms with van der Waals surface area (Å²) in [4.78, 5) is -0.179. The molecule has 0 aliphatic rings. The average molecular weight is 400 g/mol. The number of anilines is 1. The first-order chi connectivity index (χ1) is 12.1. The van der Waals surface area contributed by atoms with Gasteiger partial charge in [0.25, 0.3) is 10.0 Å². The van der Waals surface area contributed by atoms with Crippen LogP contribution in [0.2, 0.25) is 0 Å². The molecule has 0 fully saturated rings. The second-order valence-electron chi connectivity index (χ2n) is 5.31. The summed E-state index contributed by atoms with van der Waals surface area (Å²) < 4.78 is 64.3. The van der Waals surface area contributed by atoms with Gasteiger partial charge in [-0.25, -0.2) is 21.6 Å². The molecule has 26 heavy (non-hydrogen) atoms. The normalized spacial score (nSPS) is 11.8. The Morgan fingerprint density at radius 3 is 2.15 bits per heavy atom. The number of aryl methyl sites for hydroxylation is 1. The summed E-state index contributed by atoms with van der Waals surface area (Å²) in [6.07, 6.45) is 0. The first-order valence-electron chi connectivity index (χ1n) is 7.43. The first-order valence-corrected chi connectivity index (χ1v) is 10.4. The van der Waals surface area contributed by atoms with Crippen LogP contribution in [0.25, 0.3) is 0 Å². The van der Waals surface area contributed by atoms with E-state index in [0.29, 0.717) is 11.3 Å². The molecule has 2 N–H and O–H groups in total. The van der Waals surface area contributed by atoms with Crippen molar-refractivity contribution >= 4 is 25.7 Å². The van der Waals surface area contributed by atoms with Crippen molar-refractivity contribution in [2.75, 3.05) is 26.0 Å². The summed E-state index contributed by atoms with van der Waals surface area (Å²) in [7, 11) is -3.71. The van der Waals surface area contributed by atoms with E-state index in [-0.39, 0.29) is 21.2 Å². The predicted octanol–water partition coefficient (Wildman–Crippen LogP) is 1.72. The van der Waals surface area contributed by atoms with Crippen LogP contribution in [0.15, 0.2) is 46.2 Å². The highest BCUT2D eigenvalue weighted by Crippen LogP contribution is 2.31. The van der Waals surface area contributed by atoms with Crippen molar-refractivity contribution < 1.29 is 26.3 Å². The van der Waals surface area contributed by atoms with E-state index in [1.807, 2.05) is 0 Å². The van der Waals surface area contributed by atoms with Gasteiger partial charge in [0, 0.05) is 6.07 Å². The third kappa shape index (κ3) is 4.09. The molecule has 0 radical (unpaired) electrons. The molecule has 2 aromatic carbocycles. The maximum Gasteiger partial charge on any atom is 0.265 e. The fourth-order valence-electron chi connectivity index (χ4n) is 2.19. The Labute approximate surface area is 153 Å². The zero-order chi connectivity index (χ0) is 19.5. The Morgan fingerprint density at radius 2 is 1.58 bits per heavy atom. The molecule has 10 heteroatoms. The first kappa shape index (κ1) is 20.0. The second-order valence-corrected chi connectivity index (χ2v) is 8.84. The lowest BCUT2D eigenvalue weighted by Crippen LogP contribution is -2.20. The van der Waals surface area contributed by atoms with Crippen molar-refractivity contribution in [3.8, 4) is 11.5 Å². The van der Waals surface area contributed by atoms with Crippen molar-refractivity contribution in [2.24, 2.45) is 0 Å². The van der Waals surface area contributed by atoms with E-state index in [1.54, 1.807) is 13.0 Å². The van der Waals surface area contributed by atoms with E-state index in [4.69, 9.17) is 9.47 Å². The van der Waals surface area contributed by atoms with Gasteiger partial charge in [0.05, 0.1) is 24.8 Å². The summed E-state index contributed by atoms with van der Waals surface area (Å²) in [5, 5.41) is 0. The third-order valence-electron chi connectivity index (χ3n) is 3.69. The number of benzene rings is 2. The molecule has 0 heterocycles. The molecule has 8 nitrogen and oxygen atoms in total. The van der Waals surface area contributed by atoms with Crippen LogP contribution in [0.1, 0.15) is 5.56 Å². The summed E-state index contributed by atoms with van der Waals surface area (Å²) in [5.41, 5.74) is 0.705. The third-order valence-corrected chi connectivity index (χ3v) is 6.49. The maximum absolute atomic E-state index is 12.8.